The third-order valence-corrected chi connectivity index (χ3v) is 4.30. The number of carbonyl (C=O) groups excluding carboxylic acids is 2. The van der Waals surface area contributed by atoms with Gasteiger partial charge in [0.2, 0.25) is 5.91 Å². The van der Waals surface area contributed by atoms with Crippen molar-refractivity contribution in [2.75, 3.05) is 24.9 Å². The highest BCUT2D eigenvalue weighted by Crippen LogP contribution is 2.33. The van der Waals surface area contributed by atoms with Crippen molar-refractivity contribution < 1.29 is 23.8 Å². The quantitative estimate of drug-likeness (QED) is 0.816. The van der Waals surface area contributed by atoms with Crippen LogP contribution in [0.15, 0.2) is 36.4 Å². The fraction of sp³-hybridized carbons (Fsp3) is 0.300. The Morgan fingerprint density at radius 2 is 2.04 bits per heavy atom. The van der Waals surface area contributed by atoms with Gasteiger partial charge < -0.3 is 24.8 Å². The van der Waals surface area contributed by atoms with E-state index in [-0.39, 0.29) is 18.2 Å². The van der Waals surface area contributed by atoms with Crippen LogP contribution in [0.4, 0.5) is 11.4 Å². The molecule has 0 saturated heterocycles. The molecule has 1 aliphatic rings. The van der Waals surface area contributed by atoms with Gasteiger partial charge in [0.05, 0.1) is 19.9 Å². The summed E-state index contributed by atoms with van der Waals surface area (Å²) in [6.07, 6.45) is 0.255. The highest BCUT2D eigenvalue weighted by Gasteiger charge is 2.23. The van der Waals surface area contributed by atoms with Crippen LogP contribution in [0.2, 0.25) is 0 Å². The molecule has 0 aromatic heterocycles. The third-order valence-electron chi connectivity index (χ3n) is 4.30. The standard InChI is InChI=1S/C20H22N2O5/c1-12-20(24)22-15-11-14(8-9-16(15)27-12)21-18(23)10-7-13-5-4-6-17(25-2)19(13)26-3/h4-6,8-9,11-12H,7,10H2,1-3H3,(H,21,23)(H,22,24)/t12-/m1/s1. The van der Waals surface area contributed by atoms with E-state index in [4.69, 9.17) is 14.2 Å². The summed E-state index contributed by atoms with van der Waals surface area (Å²) in [4.78, 5) is 24.0. The fourth-order valence-electron chi connectivity index (χ4n) is 2.91. The molecule has 3 rings (SSSR count). The van der Waals surface area contributed by atoms with Gasteiger partial charge in [-0.2, -0.15) is 0 Å². The zero-order valence-corrected chi connectivity index (χ0v) is 15.5. The SMILES string of the molecule is COc1cccc(CCC(=O)Nc2ccc3c(c2)NC(=O)[C@@H](C)O3)c1OC. The maximum atomic E-state index is 12.3. The third kappa shape index (κ3) is 4.13. The minimum Gasteiger partial charge on any atom is -0.493 e. The number of anilines is 2. The number of hydrogen-bond acceptors (Lipinski definition) is 5. The first kappa shape index (κ1) is 18.6. The Morgan fingerprint density at radius 1 is 1.22 bits per heavy atom. The van der Waals surface area contributed by atoms with E-state index in [1.54, 1.807) is 39.3 Å². The van der Waals surface area contributed by atoms with E-state index >= 15 is 0 Å². The molecule has 2 aromatic carbocycles. The topological polar surface area (TPSA) is 85.9 Å². The molecule has 7 heteroatoms. The van der Waals surface area contributed by atoms with E-state index in [9.17, 15) is 9.59 Å². The number of fused-ring (bicyclic) bond motifs is 1. The molecule has 0 aliphatic carbocycles. The van der Waals surface area contributed by atoms with Crippen molar-refractivity contribution in [1.29, 1.82) is 0 Å². The van der Waals surface area contributed by atoms with E-state index in [0.29, 0.717) is 35.0 Å². The van der Waals surface area contributed by atoms with Gasteiger partial charge in [0.1, 0.15) is 5.75 Å². The van der Waals surface area contributed by atoms with Crippen molar-refractivity contribution >= 4 is 23.2 Å². The number of ether oxygens (including phenoxy) is 3. The van der Waals surface area contributed by atoms with Crippen LogP contribution in [0.1, 0.15) is 18.9 Å². The van der Waals surface area contributed by atoms with Crippen molar-refractivity contribution in [2.45, 2.75) is 25.9 Å². The van der Waals surface area contributed by atoms with E-state index < -0.39 is 6.10 Å². The van der Waals surface area contributed by atoms with Gasteiger partial charge in [-0.3, -0.25) is 9.59 Å². The van der Waals surface area contributed by atoms with Crippen molar-refractivity contribution in [3.63, 3.8) is 0 Å². The molecular weight excluding hydrogens is 348 g/mol. The Kier molecular flexibility index (Phi) is 5.49. The Hall–Kier alpha value is -3.22. The van der Waals surface area contributed by atoms with E-state index in [0.717, 1.165) is 5.56 Å². The highest BCUT2D eigenvalue weighted by atomic mass is 16.5. The second-order valence-corrected chi connectivity index (χ2v) is 6.16. The summed E-state index contributed by atoms with van der Waals surface area (Å²) < 4.78 is 16.2. The number of carbonyl (C=O) groups is 2. The molecule has 2 aromatic rings. The zero-order valence-electron chi connectivity index (χ0n) is 15.5. The Morgan fingerprint density at radius 3 is 2.78 bits per heavy atom. The predicted octanol–water partition coefficient (Wildman–Crippen LogP) is 2.99. The lowest BCUT2D eigenvalue weighted by Crippen LogP contribution is -2.34. The summed E-state index contributed by atoms with van der Waals surface area (Å²) in [7, 11) is 3.15. The van der Waals surface area contributed by atoms with Crippen LogP contribution in [0.5, 0.6) is 17.2 Å². The summed E-state index contributed by atoms with van der Waals surface area (Å²) in [5.74, 6) is 1.50. The van der Waals surface area contributed by atoms with Gasteiger partial charge in [0, 0.05) is 12.1 Å². The smallest absolute Gasteiger partial charge is 0.265 e. The lowest BCUT2D eigenvalue weighted by Gasteiger charge is -2.23. The second kappa shape index (κ2) is 7.99. The molecule has 0 bridgehead atoms. The molecule has 0 spiro atoms. The van der Waals surface area contributed by atoms with Crippen LogP contribution in [-0.2, 0) is 16.0 Å². The summed E-state index contributed by atoms with van der Waals surface area (Å²) in [5.41, 5.74) is 2.03. The molecule has 0 fully saturated rings. The fourth-order valence-corrected chi connectivity index (χ4v) is 2.91. The van der Waals surface area contributed by atoms with E-state index in [1.165, 1.54) is 0 Å². The predicted molar refractivity (Wildman–Crippen MR) is 102 cm³/mol. The number of benzene rings is 2. The monoisotopic (exact) mass is 370 g/mol. The van der Waals surface area contributed by atoms with Gasteiger partial charge in [-0.1, -0.05) is 12.1 Å². The Bertz CT molecular complexity index is 865. The van der Waals surface area contributed by atoms with Crippen molar-refractivity contribution in [1.82, 2.24) is 0 Å². The van der Waals surface area contributed by atoms with Gasteiger partial charge in [-0.15, -0.1) is 0 Å². The molecule has 1 heterocycles. The van der Waals surface area contributed by atoms with Crippen LogP contribution in [0, 0.1) is 0 Å². The Labute approximate surface area is 157 Å². The molecule has 2 N–H and O–H groups in total. The number of amides is 2. The van der Waals surface area contributed by atoms with Crippen molar-refractivity contribution in [3.05, 3.63) is 42.0 Å². The van der Waals surface area contributed by atoms with Gasteiger partial charge >= 0.3 is 0 Å². The largest absolute Gasteiger partial charge is 0.493 e. The number of aryl methyl sites for hydroxylation is 1. The molecule has 0 saturated carbocycles. The van der Waals surface area contributed by atoms with Crippen LogP contribution in [0.3, 0.4) is 0 Å². The van der Waals surface area contributed by atoms with Crippen LogP contribution in [-0.4, -0.2) is 32.1 Å². The number of nitrogens with one attached hydrogen (secondary N) is 2. The first-order valence-electron chi connectivity index (χ1n) is 8.63. The highest BCUT2D eigenvalue weighted by molar-refractivity contribution is 5.99. The van der Waals surface area contributed by atoms with Gasteiger partial charge in [0.15, 0.2) is 17.6 Å². The summed E-state index contributed by atoms with van der Waals surface area (Å²) in [5, 5.41) is 5.60. The summed E-state index contributed by atoms with van der Waals surface area (Å²) in [6.45, 7) is 1.68. The normalized spacial score (nSPS) is 15.2. The molecule has 0 radical (unpaired) electrons. The summed E-state index contributed by atoms with van der Waals surface area (Å²) in [6, 6.07) is 10.7. The van der Waals surface area contributed by atoms with E-state index in [2.05, 4.69) is 10.6 Å². The minimum atomic E-state index is -0.532. The lowest BCUT2D eigenvalue weighted by atomic mass is 10.1. The van der Waals surface area contributed by atoms with Gasteiger partial charge in [-0.05, 0) is 43.2 Å². The van der Waals surface area contributed by atoms with Crippen molar-refractivity contribution in [2.24, 2.45) is 0 Å². The maximum Gasteiger partial charge on any atom is 0.265 e. The van der Waals surface area contributed by atoms with Crippen LogP contribution < -0.4 is 24.8 Å². The second-order valence-electron chi connectivity index (χ2n) is 6.16. The number of hydrogen-bond donors (Lipinski definition) is 2. The van der Waals surface area contributed by atoms with Crippen LogP contribution in [0.25, 0.3) is 0 Å². The Balaban J connectivity index is 1.64. The first-order valence-corrected chi connectivity index (χ1v) is 8.63. The number of methoxy groups -OCH3 is 2. The molecule has 142 valence electrons. The maximum absolute atomic E-state index is 12.3. The molecule has 1 aliphatic heterocycles. The number of para-hydroxylation sites is 1. The molecule has 0 unspecified atom stereocenters. The first-order chi connectivity index (χ1) is 13.0. The number of rotatable bonds is 6. The molecule has 1 atom stereocenters. The molecular formula is C20H22N2O5. The van der Waals surface area contributed by atoms with Gasteiger partial charge in [-0.25, -0.2) is 0 Å². The summed E-state index contributed by atoms with van der Waals surface area (Å²) >= 11 is 0. The molecule has 7 nitrogen and oxygen atoms in total. The van der Waals surface area contributed by atoms with Crippen molar-refractivity contribution in [3.8, 4) is 17.2 Å². The average Bonchev–Trinajstić information content (AvgIpc) is 2.67. The van der Waals surface area contributed by atoms with E-state index in [1.807, 2.05) is 18.2 Å². The lowest BCUT2D eigenvalue weighted by molar-refractivity contribution is -0.122. The van der Waals surface area contributed by atoms with Gasteiger partial charge in [0.25, 0.3) is 5.91 Å². The molecule has 27 heavy (non-hydrogen) atoms. The molecule has 2 amide bonds. The average molecular weight is 370 g/mol. The van der Waals surface area contributed by atoms with Crippen LogP contribution >= 0.6 is 0 Å². The zero-order chi connectivity index (χ0) is 19.4. The minimum absolute atomic E-state index is 0.142.